The minimum atomic E-state index is -0.747. The minimum absolute atomic E-state index is 0.223. The van der Waals surface area contributed by atoms with E-state index in [0.717, 1.165) is 30.2 Å². The number of halogens is 2. The molecule has 3 heteroatoms. The van der Waals surface area contributed by atoms with E-state index in [-0.39, 0.29) is 5.82 Å². The first-order valence-corrected chi connectivity index (χ1v) is 8.15. The Morgan fingerprint density at radius 3 is 2.45 bits per heavy atom. The van der Waals surface area contributed by atoms with E-state index in [9.17, 15) is 9.50 Å². The molecule has 1 aliphatic rings. The van der Waals surface area contributed by atoms with Crippen LogP contribution in [0, 0.1) is 17.2 Å². The summed E-state index contributed by atoms with van der Waals surface area (Å²) in [4.78, 5) is 0. The van der Waals surface area contributed by atoms with Crippen molar-refractivity contribution < 1.29 is 9.50 Å². The van der Waals surface area contributed by atoms with Crippen LogP contribution in [-0.4, -0.2) is 10.7 Å². The topological polar surface area (TPSA) is 20.2 Å². The van der Waals surface area contributed by atoms with Gasteiger partial charge in [-0.05, 0) is 60.8 Å². The average molecular weight is 343 g/mol. The number of hydrogen-bond acceptors (Lipinski definition) is 1. The molecule has 1 nitrogen and oxygen atoms in total. The molecule has 1 aromatic rings. The van der Waals surface area contributed by atoms with E-state index >= 15 is 0 Å². The zero-order valence-corrected chi connectivity index (χ0v) is 14.1. The fourth-order valence-corrected chi connectivity index (χ4v) is 3.64. The third-order valence-electron chi connectivity index (χ3n) is 4.67. The lowest BCUT2D eigenvalue weighted by atomic mass is 9.67. The number of hydrogen-bond donors (Lipinski definition) is 1. The van der Waals surface area contributed by atoms with Crippen molar-refractivity contribution in [2.75, 3.05) is 0 Å². The van der Waals surface area contributed by atoms with Crippen molar-refractivity contribution in [3.8, 4) is 0 Å². The Labute approximate surface area is 129 Å². The highest BCUT2D eigenvalue weighted by Gasteiger charge is 2.37. The molecule has 112 valence electrons. The van der Waals surface area contributed by atoms with Crippen LogP contribution in [0.5, 0.6) is 0 Å². The molecule has 0 heterocycles. The summed E-state index contributed by atoms with van der Waals surface area (Å²) in [5.41, 5.74) is 0.155. The molecule has 0 amide bonds. The van der Waals surface area contributed by atoms with Crippen LogP contribution < -0.4 is 0 Å². The molecule has 0 spiro atoms. The normalized spacial score (nSPS) is 27.6. The van der Waals surface area contributed by atoms with Crippen molar-refractivity contribution in [1.82, 2.24) is 0 Å². The Morgan fingerprint density at radius 1 is 1.30 bits per heavy atom. The number of benzene rings is 1. The zero-order valence-electron chi connectivity index (χ0n) is 12.5. The van der Waals surface area contributed by atoms with Crippen molar-refractivity contribution in [2.24, 2.45) is 11.3 Å². The maximum atomic E-state index is 13.8. The lowest BCUT2D eigenvalue weighted by Crippen LogP contribution is -2.39. The molecular formula is C17H24BrFO. The highest BCUT2D eigenvalue weighted by Crippen LogP contribution is 2.42. The second-order valence-electron chi connectivity index (χ2n) is 7.28. The van der Waals surface area contributed by atoms with Crippen LogP contribution in [0.25, 0.3) is 0 Å². The zero-order chi connectivity index (χ0) is 15.0. The molecular weight excluding hydrogens is 319 g/mol. The van der Waals surface area contributed by atoms with E-state index < -0.39 is 5.60 Å². The average Bonchev–Trinajstić information content (AvgIpc) is 2.33. The number of rotatable bonds is 2. The van der Waals surface area contributed by atoms with Gasteiger partial charge in [0.05, 0.1) is 5.60 Å². The maximum absolute atomic E-state index is 13.8. The first-order chi connectivity index (χ1) is 9.20. The molecule has 0 saturated heterocycles. The minimum Gasteiger partial charge on any atom is -0.390 e. The van der Waals surface area contributed by atoms with E-state index in [1.165, 1.54) is 6.07 Å². The maximum Gasteiger partial charge on any atom is 0.126 e. The summed E-state index contributed by atoms with van der Waals surface area (Å²) in [6.45, 7) is 6.78. The van der Waals surface area contributed by atoms with Gasteiger partial charge in [-0.2, -0.15) is 0 Å². The molecule has 1 saturated carbocycles. The highest BCUT2D eigenvalue weighted by molar-refractivity contribution is 9.10. The summed E-state index contributed by atoms with van der Waals surface area (Å²) in [6, 6.07) is 4.94. The fourth-order valence-electron chi connectivity index (χ4n) is 3.23. The van der Waals surface area contributed by atoms with Crippen LogP contribution in [-0.2, 0) is 6.42 Å². The first-order valence-electron chi connectivity index (χ1n) is 7.36. The lowest BCUT2D eigenvalue weighted by Gasteiger charge is -2.41. The Balaban J connectivity index is 2.05. The van der Waals surface area contributed by atoms with Crippen molar-refractivity contribution in [3.05, 3.63) is 34.1 Å². The van der Waals surface area contributed by atoms with Crippen LogP contribution >= 0.6 is 15.9 Å². The van der Waals surface area contributed by atoms with Gasteiger partial charge in [-0.3, -0.25) is 0 Å². The first kappa shape index (κ1) is 16.0. The number of aliphatic hydroxyl groups is 1. The van der Waals surface area contributed by atoms with Gasteiger partial charge in [0.2, 0.25) is 0 Å². The van der Waals surface area contributed by atoms with E-state index in [2.05, 4.69) is 36.7 Å². The van der Waals surface area contributed by atoms with Gasteiger partial charge < -0.3 is 5.11 Å². The summed E-state index contributed by atoms with van der Waals surface area (Å²) in [5, 5.41) is 10.7. The van der Waals surface area contributed by atoms with Gasteiger partial charge in [0.1, 0.15) is 5.82 Å². The van der Waals surface area contributed by atoms with Gasteiger partial charge in [0, 0.05) is 10.9 Å². The molecule has 1 aromatic carbocycles. The van der Waals surface area contributed by atoms with Crippen molar-refractivity contribution in [1.29, 1.82) is 0 Å². The predicted molar refractivity (Wildman–Crippen MR) is 84.2 cm³/mol. The molecule has 2 rings (SSSR count). The Kier molecular flexibility index (Phi) is 4.60. The van der Waals surface area contributed by atoms with Crippen molar-refractivity contribution in [3.63, 3.8) is 0 Å². The van der Waals surface area contributed by atoms with Crippen molar-refractivity contribution >= 4 is 15.9 Å². The highest BCUT2D eigenvalue weighted by atomic mass is 79.9. The summed E-state index contributed by atoms with van der Waals surface area (Å²) in [6.07, 6.45) is 3.99. The van der Waals surface area contributed by atoms with E-state index in [4.69, 9.17) is 0 Å². The molecule has 0 aromatic heterocycles. The van der Waals surface area contributed by atoms with E-state index in [1.54, 1.807) is 12.1 Å². The summed E-state index contributed by atoms with van der Waals surface area (Å²) >= 11 is 3.37. The van der Waals surface area contributed by atoms with Gasteiger partial charge in [0.25, 0.3) is 0 Å². The standard InChI is InChI=1S/C17H24BrFO/c1-16(2,3)13-6-8-17(20,9-7-13)11-12-10-14(18)4-5-15(12)19/h4-5,10,13,20H,6-9,11H2,1-3H3. The second-order valence-corrected chi connectivity index (χ2v) is 8.19. The fraction of sp³-hybridized carbons (Fsp3) is 0.647. The monoisotopic (exact) mass is 342 g/mol. The SMILES string of the molecule is CC(C)(C)C1CCC(O)(Cc2cc(Br)ccc2F)CC1. The van der Waals surface area contributed by atoms with Crippen LogP contribution in [0.3, 0.4) is 0 Å². The van der Waals surface area contributed by atoms with Gasteiger partial charge >= 0.3 is 0 Å². The quantitative estimate of drug-likeness (QED) is 0.792. The molecule has 0 unspecified atom stereocenters. The lowest BCUT2D eigenvalue weighted by molar-refractivity contribution is -0.0250. The van der Waals surface area contributed by atoms with Gasteiger partial charge in [-0.25, -0.2) is 4.39 Å². The van der Waals surface area contributed by atoms with E-state index in [1.807, 2.05) is 0 Å². The van der Waals surface area contributed by atoms with Crippen LogP contribution in [0.15, 0.2) is 22.7 Å². The smallest absolute Gasteiger partial charge is 0.126 e. The predicted octanol–water partition coefficient (Wildman–Crippen LogP) is 5.10. The second kappa shape index (κ2) is 5.76. The van der Waals surface area contributed by atoms with Gasteiger partial charge in [0.15, 0.2) is 0 Å². The molecule has 0 atom stereocenters. The summed E-state index contributed by atoms with van der Waals surface area (Å²) in [7, 11) is 0. The summed E-state index contributed by atoms with van der Waals surface area (Å²) < 4.78 is 14.7. The van der Waals surface area contributed by atoms with Crippen molar-refractivity contribution in [2.45, 2.75) is 58.5 Å². The molecule has 20 heavy (non-hydrogen) atoms. The largest absolute Gasteiger partial charge is 0.390 e. The Morgan fingerprint density at radius 2 is 1.90 bits per heavy atom. The van der Waals surface area contributed by atoms with Crippen LogP contribution in [0.2, 0.25) is 0 Å². The molecule has 0 aliphatic heterocycles. The third-order valence-corrected chi connectivity index (χ3v) is 5.16. The molecule has 0 radical (unpaired) electrons. The van der Waals surface area contributed by atoms with Gasteiger partial charge in [-0.1, -0.05) is 36.7 Å². The Bertz CT molecular complexity index is 470. The molecule has 0 bridgehead atoms. The van der Waals surface area contributed by atoms with Crippen LogP contribution in [0.4, 0.5) is 4.39 Å². The molecule has 1 N–H and O–H groups in total. The molecule has 1 aliphatic carbocycles. The van der Waals surface area contributed by atoms with E-state index in [0.29, 0.717) is 23.3 Å². The molecule has 1 fully saturated rings. The summed E-state index contributed by atoms with van der Waals surface area (Å²) in [5.74, 6) is 0.426. The third kappa shape index (κ3) is 3.82. The van der Waals surface area contributed by atoms with Crippen LogP contribution in [0.1, 0.15) is 52.0 Å². The van der Waals surface area contributed by atoms with Gasteiger partial charge in [-0.15, -0.1) is 0 Å². The Hall–Kier alpha value is -0.410.